The summed E-state index contributed by atoms with van der Waals surface area (Å²) in [4.78, 5) is 4.98. The maximum Gasteiger partial charge on any atom is 0.218 e. The minimum atomic E-state index is 0.629. The van der Waals surface area contributed by atoms with E-state index in [2.05, 4.69) is 73.9 Å². The lowest BCUT2D eigenvalue weighted by Gasteiger charge is -2.13. The highest BCUT2D eigenvalue weighted by molar-refractivity contribution is 5.84. The number of rotatable bonds is 2. The molecule has 3 heteroatoms. The van der Waals surface area contributed by atoms with Gasteiger partial charge in [0.25, 0.3) is 0 Å². The summed E-state index contributed by atoms with van der Waals surface area (Å²) in [6.07, 6.45) is 0. The van der Waals surface area contributed by atoms with Crippen LogP contribution in [-0.4, -0.2) is 4.98 Å². The smallest absolute Gasteiger partial charge is 0.218 e. The van der Waals surface area contributed by atoms with Gasteiger partial charge in [0.15, 0.2) is 5.69 Å². The van der Waals surface area contributed by atoms with E-state index in [1.807, 2.05) is 36.4 Å². The molecular formula is C28H22N3+. The predicted molar refractivity (Wildman–Crippen MR) is 125 cm³/mol. The molecular weight excluding hydrogens is 378 g/mol. The number of para-hydroxylation sites is 2. The Balaban J connectivity index is 1.85. The summed E-state index contributed by atoms with van der Waals surface area (Å²) >= 11 is 0. The average Bonchev–Trinajstić information content (AvgIpc) is 2.79. The maximum atomic E-state index is 9.82. The fraction of sp³-hybridized carbons (Fsp3) is 0.107. The van der Waals surface area contributed by atoms with Gasteiger partial charge >= 0.3 is 0 Å². The molecule has 0 aliphatic heterocycles. The average molecular weight is 401 g/mol. The minimum Gasteiger partial charge on any atom is -0.248 e. The van der Waals surface area contributed by atoms with Crippen molar-refractivity contribution in [2.75, 3.05) is 0 Å². The van der Waals surface area contributed by atoms with Crippen molar-refractivity contribution < 1.29 is 4.57 Å². The Labute approximate surface area is 181 Å². The van der Waals surface area contributed by atoms with Gasteiger partial charge in [0.2, 0.25) is 11.2 Å². The molecule has 0 radical (unpaired) electrons. The molecule has 5 aromatic rings. The zero-order chi connectivity index (χ0) is 21.5. The second kappa shape index (κ2) is 7.34. The first-order chi connectivity index (χ1) is 15.1. The van der Waals surface area contributed by atoms with Crippen LogP contribution in [0.25, 0.3) is 38.8 Å². The number of fused-ring (bicyclic) bond motifs is 2. The van der Waals surface area contributed by atoms with Crippen LogP contribution < -0.4 is 4.57 Å². The van der Waals surface area contributed by atoms with Crippen molar-refractivity contribution in [2.24, 2.45) is 0 Å². The Bertz CT molecular complexity index is 1520. The SMILES string of the molecule is Cc1cc2ccccc2nc1-c1cc(C#N)cc(-[n+]2c(C)ccc3ccccc32)c1C. The Morgan fingerprint density at radius 3 is 2.35 bits per heavy atom. The fourth-order valence-electron chi connectivity index (χ4n) is 4.36. The third-order valence-electron chi connectivity index (χ3n) is 5.95. The molecule has 0 saturated heterocycles. The lowest BCUT2D eigenvalue weighted by atomic mass is 9.96. The van der Waals surface area contributed by atoms with Gasteiger partial charge in [-0.1, -0.05) is 30.3 Å². The van der Waals surface area contributed by atoms with Crippen LogP contribution in [0.1, 0.15) is 22.4 Å². The number of pyridine rings is 2. The fourth-order valence-corrected chi connectivity index (χ4v) is 4.36. The second-order valence-electron chi connectivity index (χ2n) is 8.00. The van der Waals surface area contributed by atoms with E-state index in [0.717, 1.165) is 55.6 Å². The number of nitriles is 1. The van der Waals surface area contributed by atoms with Gasteiger partial charge in [-0.3, -0.25) is 0 Å². The molecule has 2 heterocycles. The van der Waals surface area contributed by atoms with Gasteiger partial charge in [-0.25, -0.2) is 4.98 Å². The highest BCUT2D eigenvalue weighted by atomic mass is 15.0. The molecule has 0 aliphatic rings. The normalized spacial score (nSPS) is 11.0. The van der Waals surface area contributed by atoms with E-state index in [1.54, 1.807) is 0 Å². The van der Waals surface area contributed by atoms with Crippen molar-refractivity contribution >= 4 is 21.8 Å². The topological polar surface area (TPSA) is 40.6 Å². The molecule has 0 amide bonds. The zero-order valence-corrected chi connectivity index (χ0v) is 17.8. The van der Waals surface area contributed by atoms with Gasteiger partial charge in [0.1, 0.15) is 0 Å². The van der Waals surface area contributed by atoms with Crippen LogP contribution in [0, 0.1) is 32.1 Å². The standard InChI is InChI=1S/C28H22N3/c1-18-14-23-9-4-6-10-25(23)30-28(18)24-15-21(17-29)16-27(20(24)3)31-19(2)12-13-22-8-5-7-11-26(22)31/h4-16H,1-3H3/q+1. The lowest BCUT2D eigenvalue weighted by Crippen LogP contribution is -2.36. The Kier molecular flexibility index (Phi) is 4.49. The summed E-state index contributed by atoms with van der Waals surface area (Å²) in [7, 11) is 0. The van der Waals surface area contributed by atoms with E-state index in [4.69, 9.17) is 4.98 Å². The van der Waals surface area contributed by atoms with Crippen molar-refractivity contribution in [3.05, 3.63) is 101 Å². The van der Waals surface area contributed by atoms with E-state index in [0.29, 0.717) is 5.56 Å². The molecule has 31 heavy (non-hydrogen) atoms. The Morgan fingerprint density at radius 1 is 0.806 bits per heavy atom. The van der Waals surface area contributed by atoms with Crippen molar-refractivity contribution in [3.63, 3.8) is 0 Å². The third kappa shape index (κ3) is 3.14. The molecule has 0 aliphatic carbocycles. The van der Waals surface area contributed by atoms with E-state index in [-0.39, 0.29) is 0 Å². The van der Waals surface area contributed by atoms with E-state index >= 15 is 0 Å². The van der Waals surface area contributed by atoms with Crippen LogP contribution in [0.4, 0.5) is 0 Å². The van der Waals surface area contributed by atoms with Crippen molar-refractivity contribution in [2.45, 2.75) is 20.8 Å². The molecule has 0 spiro atoms. The van der Waals surface area contributed by atoms with Crippen LogP contribution in [0.3, 0.4) is 0 Å². The quantitative estimate of drug-likeness (QED) is 0.335. The summed E-state index contributed by atoms with van der Waals surface area (Å²) in [6.45, 7) is 6.31. The van der Waals surface area contributed by atoms with Gasteiger partial charge in [-0.05, 0) is 49.7 Å². The molecule has 0 fully saturated rings. The van der Waals surface area contributed by atoms with E-state index < -0.39 is 0 Å². The molecule has 3 aromatic carbocycles. The summed E-state index contributed by atoms with van der Waals surface area (Å²) < 4.78 is 2.24. The van der Waals surface area contributed by atoms with Crippen LogP contribution in [-0.2, 0) is 0 Å². The molecule has 0 unspecified atom stereocenters. The second-order valence-corrected chi connectivity index (χ2v) is 8.00. The predicted octanol–water partition coefficient (Wildman–Crippen LogP) is 6.13. The molecule has 0 bridgehead atoms. The summed E-state index contributed by atoms with van der Waals surface area (Å²) in [5.74, 6) is 0. The summed E-state index contributed by atoms with van der Waals surface area (Å²) in [5, 5.41) is 12.1. The summed E-state index contributed by atoms with van der Waals surface area (Å²) in [6, 6.07) is 29.2. The number of benzene rings is 3. The number of aryl methyl sites for hydroxylation is 2. The summed E-state index contributed by atoms with van der Waals surface area (Å²) in [5.41, 5.74) is 8.96. The van der Waals surface area contributed by atoms with Crippen molar-refractivity contribution in [1.29, 1.82) is 5.26 Å². The minimum absolute atomic E-state index is 0.629. The number of aromatic nitrogens is 2. The van der Waals surface area contributed by atoms with Crippen molar-refractivity contribution in [1.82, 2.24) is 4.98 Å². The van der Waals surface area contributed by atoms with Gasteiger partial charge in [0.05, 0.1) is 22.8 Å². The molecule has 0 atom stereocenters. The monoisotopic (exact) mass is 400 g/mol. The highest BCUT2D eigenvalue weighted by Crippen LogP contribution is 2.31. The van der Waals surface area contributed by atoms with Crippen LogP contribution in [0.15, 0.2) is 78.9 Å². The number of nitrogens with zero attached hydrogens (tertiary/aromatic N) is 3. The molecule has 2 aromatic heterocycles. The number of hydrogen-bond acceptors (Lipinski definition) is 2. The molecule has 3 nitrogen and oxygen atoms in total. The van der Waals surface area contributed by atoms with E-state index in [9.17, 15) is 5.26 Å². The maximum absolute atomic E-state index is 9.82. The first kappa shape index (κ1) is 19.0. The molecule has 5 rings (SSSR count). The van der Waals surface area contributed by atoms with Gasteiger partial charge in [-0.2, -0.15) is 9.83 Å². The van der Waals surface area contributed by atoms with Gasteiger partial charge in [0, 0.05) is 47.0 Å². The lowest BCUT2D eigenvalue weighted by molar-refractivity contribution is -0.574. The van der Waals surface area contributed by atoms with Crippen molar-refractivity contribution in [3.8, 4) is 23.0 Å². The first-order valence-electron chi connectivity index (χ1n) is 10.4. The molecule has 148 valence electrons. The Hall–Kier alpha value is -4.03. The Morgan fingerprint density at radius 2 is 1.55 bits per heavy atom. The zero-order valence-electron chi connectivity index (χ0n) is 17.8. The van der Waals surface area contributed by atoms with Crippen LogP contribution in [0.5, 0.6) is 0 Å². The molecule has 0 N–H and O–H groups in total. The van der Waals surface area contributed by atoms with Gasteiger partial charge < -0.3 is 0 Å². The van der Waals surface area contributed by atoms with Crippen LogP contribution >= 0.6 is 0 Å². The highest BCUT2D eigenvalue weighted by Gasteiger charge is 2.23. The van der Waals surface area contributed by atoms with E-state index in [1.165, 1.54) is 0 Å². The van der Waals surface area contributed by atoms with Crippen LogP contribution in [0.2, 0.25) is 0 Å². The third-order valence-corrected chi connectivity index (χ3v) is 5.95. The first-order valence-corrected chi connectivity index (χ1v) is 10.4. The molecule has 0 saturated carbocycles. The number of hydrogen-bond donors (Lipinski definition) is 0. The largest absolute Gasteiger partial charge is 0.248 e. The van der Waals surface area contributed by atoms with Gasteiger partial charge in [-0.15, -0.1) is 0 Å².